The van der Waals surface area contributed by atoms with Gasteiger partial charge in [0, 0.05) is 118 Å². The molecule has 14 aromatic heterocycles. The van der Waals surface area contributed by atoms with Crippen molar-refractivity contribution in [1.29, 1.82) is 0 Å². The van der Waals surface area contributed by atoms with Gasteiger partial charge in [-0.2, -0.15) is 0 Å². The van der Waals surface area contributed by atoms with Crippen molar-refractivity contribution in [1.82, 2.24) is 97.9 Å². The Morgan fingerprint density at radius 2 is 0.669 bits per heavy atom. The van der Waals surface area contributed by atoms with Crippen LogP contribution < -0.4 is 62.6 Å². The van der Waals surface area contributed by atoms with Gasteiger partial charge < -0.3 is 69.8 Å². The number of benzene rings is 5. The highest BCUT2D eigenvalue weighted by molar-refractivity contribution is 7.25. The van der Waals surface area contributed by atoms with Gasteiger partial charge in [0.15, 0.2) is 22.6 Å². The first-order valence-corrected chi connectivity index (χ1v) is 51.1. The summed E-state index contributed by atoms with van der Waals surface area (Å²) < 4.78 is 18.8. The fraction of sp³-hybridized carbons (Fsp3) is 0.305. The average Bonchev–Trinajstić information content (AvgIpc) is 1.57. The summed E-state index contributed by atoms with van der Waals surface area (Å²) >= 11 is 5.76. The van der Waals surface area contributed by atoms with Crippen LogP contribution in [-0.2, 0) is 31.4 Å². The average molecular weight is 1980 g/mol. The molecule has 0 spiro atoms. The molecule has 33 nitrogen and oxygen atoms in total. The van der Waals surface area contributed by atoms with Gasteiger partial charge in [-0.1, -0.05) is 78.9 Å². The van der Waals surface area contributed by atoms with E-state index in [-0.39, 0.29) is 68.9 Å². The number of para-hydroxylation sites is 4. The molecule has 0 unspecified atom stereocenters. The van der Waals surface area contributed by atoms with Crippen LogP contribution >= 0.6 is 45.3 Å². The molecule has 4 saturated heterocycles. The first kappa shape index (κ1) is 95.1. The van der Waals surface area contributed by atoms with Crippen LogP contribution in [0.4, 0.5) is 23.3 Å². The van der Waals surface area contributed by atoms with Crippen molar-refractivity contribution in [2.45, 2.75) is 52.2 Å². The van der Waals surface area contributed by atoms with Gasteiger partial charge in [0.05, 0.1) is 112 Å². The monoisotopic (exact) mass is 1980 g/mol. The molecular weight excluding hydrogens is 1870 g/mol. The number of carbonyl (C=O) groups excluding carboxylic acids is 4. The molecule has 4 aliphatic heterocycles. The van der Waals surface area contributed by atoms with E-state index in [1.165, 1.54) is 45.3 Å². The highest BCUT2D eigenvalue weighted by Crippen LogP contribution is 2.38. The zero-order valence-electron chi connectivity index (χ0n) is 80.0. The van der Waals surface area contributed by atoms with Crippen molar-refractivity contribution in [2.75, 3.05) is 173 Å². The normalized spacial score (nSPS) is 15.1. The number of amides is 4. The number of anilines is 4. The number of aryl methyl sites for hydroxylation is 2. The molecule has 0 aliphatic carbocycles. The van der Waals surface area contributed by atoms with Crippen molar-refractivity contribution in [2.24, 2.45) is 7.05 Å². The van der Waals surface area contributed by atoms with Crippen LogP contribution in [0.3, 0.4) is 0 Å². The number of hydrogen-bond donors (Lipinski definition) is 4. The van der Waals surface area contributed by atoms with Crippen LogP contribution in [0.25, 0.3) is 104 Å². The number of thiazole rings is 4. The maximum atomic E-state index is 13.7. The molecule has 0 radical (unpaired) electrons. The maximum absolute atomic E-state index is 13.7. The van der Waals surface area contributed by atoms with Crippen LogP contribution in [0.5, 0.6) is 0 Å². The van der Waals surface area contributed by atoms with Gasteiger partial charge in [-0.25, -0.2) is 24.9 Å². The number of carbonyl (C=O) groups is 4. The quantitative estimate of drug-likeness (QED) is 0.0615. The number of nitrogens with zero attached hydrogens (tertiary/aromatic N) is 20. The second kappa shape index (κ2) is 41.8. The van der Waals surface area contributed by atoms with Crippen molar-refractivity contribution in [3.63, 3.8) is 0 Å². The van der Waals surface area contributed by atoms with E-state index in [2.05, 4.69) is 104 Å². The third-order valence-electron chi connectivity index (χ3n) is 26.7. The molecule has 4 fully saturated rings. The summed E-state index contributed by atoms with van der Waals surface area (Å²) in [5.74, 6) is 1.85. The Hall–Kier alpha value is -14.4. The maximum Gasteiger partial charge on any atom is 0.258 e. The number of likely N-dealkylation sites (N-methyl/N-ethyl adjacent to an activating group) is 4. The van der Waals surface area contributed by atoms with Crippen LogP contribution in [0.15, 0.2) is 220 Å². The first-order chi connectivity index (χ1) is 69.2. The third kappa shape index (κ3) is 19.3. The minimum atomic E-state index is -0.432. The molecule has 19 aromatic rings. The zero-order chi connectivity index (χ0) is 97.9. The molecular formula is C105H108N24O9S4. The van der Waals surface area contributed by atoms with Crippen LogP contribution in [0.1, 0.15) is 89.8 Å². The van der Waals surface area contributed by atoms with E-state index >= 15 is 0 Å². The van der Waals surface area contributed by atoms with E-state index in [4.69, 9.17) is 24.7 Å². The molecule has 0 atom stereocenters. The fourth-order valence-corrected chi connectivity index (χ4v) is 23.7. The molecule has 4 amide bonds. The van der Waals surface area contributed by atoms with Crippen molar-refractivity contribution >= 4 is 197 Å². The van der Waals surface area contributed by atoms with E-state index in [1.807, 2.05) is 212 Å². The summed E-state index contributed by atoms with van der Waals surface area (Å²) in [7, 11) is 12.0. The second-order valence-electron chi connectivity index (χ2n) is 36.3. The summed E-state index contributed by atoms with van der Waals surface area (Å²) in [4.78, 5) is 162. The summed E-state index contributed by atoms with van der Waals surface area (Å²) in [6, 6.07) is 56.4. The summed E-state index contributed by atoms with van der Waals surface area (Å²) in [5, 5.41) is 13.3. The van der Waals surface area contributed by atoms with Crippen molar-refractivity contribution in [3.8, 4) is 0 Å². The Morgan fingerprint density at radius 3 is 0.993 bits per heavy atom. The van der Waals surface area contributed by atoms with Crippen LogP contribution in [-0.4, -0.2) is 253 Å². The molecule has 0 bridgehead atoms. The van der Waals surface area contributed by atoms with E-state index < -0.39 is 11.8 Å². The van der Waals surface area contributed by atoms with Crippen molar-refractivity contribution in [3.05, 3.63) is 287 Å². The lowest BCUT2D eigenvalue weighted by molar-refractivity contribution is 0.0932. The molecule has 142 heavy (non-hydrogen) atoms. The molecule has 726 valence electrons. The number of pyridine rings is 8. The number of nitrogens with one attached hydrogen (secondary N) is 4. The van der Waals surface area contributed by atoms with E-state index in [0.29, 0.717) is 88.8 Å². The number of fused-ring (bicyclic) bond motifs is 20. The Kier molecular flexibility index (Phi) is 28.0. The third-order valence-corrected chi connectivity index (χ3v) is 31.3. The van der Waals surface area contributed by atoms with Crippen LogP contribution in [0.2, 0.25) is 0 Å². The number of ether oxygens (including phenoxy) is 1. The predicted octanol–water partition coefficient (Wildman–Crippen LogP) is 12.8. The van der Waals surface area contributed by atoms with Gasteiger partial charge in [-0.15, -0.1) is 45.3 Å². The number of aromatic nitrogens is 12. The van der Waals surface area contributed by atoms with Crippen molar-refractivity contribution < 1.29 is 23.9 Å². The van der Waals surface area contributed by atoms with Gasteiger partial charge in [-0.3, -0.25) is 65.9 Å². The van der Waals surface area contributed by atoms with Gasteiger partial charge in [0.25, 0.3) is 23.6 Å². The minimum absolute atomic E-state index is 0.125. The van der Waals surface area contributed by atoms with E-state index in [1.54, 1.807) is 32.0 Å². The SMILES string of the molecule is CN1CCCN(c2ccc3c(=O)c(C(=O)NCc4ccccc4)c4sc5ccccc5n4c3n2)CC1.CN1CCCN(c2ccc3c(=O)c(C(=O)NCc4cncn4C)c4sc5ccccc5n4c3n2)CC1.COCCNC(=O)c1c(=O)c2ccc(N3CCCN(C)CC3)nc2n2c1sc1ccccc12.Cc1cnc(CNC(=O)c2c(=O)c3ccc(N4CCCN(C)CC4)nc3n3c2sc2ccccc23)cn1. The standard InChI is InChI=1S/C28H27N5O2S.C27H27N7O2S.C26H27N7O2S.C24H27N5O3S/c1-31-14-7-15-32(17-16-31)23-13-12-20-25(34)24(27(35)29-18-19-8-3-2-4-9-19)28-33(26(20)30-23)21-10-5-6-11-22(21)36-28;1-17-14-29-18(15-28-17)16-30-26(36)23-24(35)19-8-9-22(33-11-5-10-32(2)12-13-33)31-25(19)34-20-6-3-4-7-21(20)37-27(23)34;1-30-10-5-11-32(13-12-30)21-9-8-18-23(34)22(25(35)28-15-17-14-27-16-31(17)2)26-33(24(18)29-21)19-6-3-4-7-20(19)36-26;1-27-11-5-12-28(14-13-27)19-9-8-16-21(30)20(23(31)25-10-15-32-2)24-29(22(16)26-19)17-6-3-4-7-18(17)33-24/h2-6,8-13H,7,14-18H2,1H3,(H,29,35);3-4,6-9,14-15H,5,10-13,16H2,1-2H3,(H,30,36);3-4,6-9,14,16H,5,10-13,15H2,1-2H3,(H,28,35);3-4,6-9H,5,10-15H2,1-2H3,(H,25,31). The van der Waals surface area contributed by atoms with E-state index in [0.717, 1.165) is 211 Å². The molecule has 0 saturated carbocycles. The Labute approximate surface area is 831 Å². The molecule has 37 heteroatoms. The molecule has 23 rings (SSSR count). The Morgan fingerprint density at radius 1 is 0.345 bits per heavy atom. The molecule has 4 aliphatic rings. The Balaban J connectivity index is 0.000000116. The number of rotatable bonds is 17. The number of imidazole rings is 1. The van der Waals surface area contributed by atoms with Gasteiger partial charge >= 0.3 is 0 Å². The number of methoxy groups -OCH3 is 1. The topological polar surface area (TPSA) is 333 Å². The summed E-state index contributed by atoms with van der Waals surface area (Å²) in [6.45, 7) is 18.7. The molecule has 5 aromatic carbocycles. The van der Waals surface area contributed by atoms with Gasteiger partial charge in [0.2, 0.25) is 21.7 Å². The highest BCUT2D eigenvalue weighted by atomic mass is 32.1. The second-order valence-corrected chi connectivity index (χ2v) is 40.4. The Bertz CT molecular complexity index is 8320. The van der Waals surface area contributed by atoms with Gasteiger partial charge in [0.1, 0.15) is 64.8 Å². The van der Waals surface area contributed by atoms with E-state index in [9.17, 15) is 38.4 Å². The summed E-state index contributed by atoms with van der Waals surface area (Å²) in [6.07, 6.45) is 10.9. The number of hydrogen-bond acceptors (Lipinski definition) is 28. The summed E-state index contributed by atoms with van der Waals surface area (Å²) in [5.41, 5.74) is 8.78. The zero-order valence-corrected chi connectivity index (χ0v) is 83.2. The first-order valence-electron chi connectivity index (χ1n) is 47.8. The minimum Gasteiger partial charge on any atom is -0.383 e. The molecule has 18 heterocycles. The highest BCUT2D eigenvalue weighted by Gasteiger charge is 2.31. The van der Waals surface area contributed by atoms with Crippen LogP contribution in [0, 0.1) is 6.92 Å². The smallest absolute Gasteiger partial charge is 0.258 e. The lowest BCUT2D eigenvalue weighted by Crippen LogP contribution is -2.32. The van der Waals surface area contributed by atoms with Gasteiger partial charge in [-0.05, 0) is 190 Å². The lowest BCUT2D eigenvalue weighted by atomic mass is 10.1. The molecule has 4 N–H and O–H groups in total. The predicted molar refractivity (Wildman–Crippen MR) is 569 cm³/mol. The lowest BCUT2D eigenvalue weighted by Gasteiger charge is -2.22. The fourth-order valence-electron chi connectivity index (χ4n) is 18.9. The largest absolute Gasteiger partial charge is 0.383 e.